The quantitative estimate of drug-likeness (QED) is 0.0383. The number of benzene rings is 4. The van der Waals surface area contributed by atoms with E-state index in [0.29, 0.717) is 144 Å². The number of nitrogens with zero attached hydrogens (tertiary/aromatic N) is 10. The monoisotopic (exact) mass is 2550 g/mol. The number of nitrogens with one attached hydrogen (secondary N) is 4. The van der Waals surface area contributed by atoms with Gasteiger partial charge in [-0.1, -0.05) is 151 Å². The number of anilines is 6. The van der Waals surface area contributed by atoms with E-state index in [0.717, 1.165) is 60.8 Å². The summed E-state index contributed by atoms with van der Waals surface area (Å²) in [6.07, 6.45) is 12.0. The summed E-state index contributed by atoms with van der Waals surface area (Å²) >= 11 is 19.1. The summed E-state index contributed by atoms with van der Waals surface area (Å²) in [7, 11) is 0. The Kier molecular flexibility index (Phi) is 55.8. The molecule has 48 heteroatoms. The molecule has 766 valence electrons. The van der Waals surface area contributed by atoms with Crippen molar-refractivity contribution in [3.8, 4) is 23.5 Å². The van der Waals surface area contributed by atoms with E-state index in [1.165, 1.54) is 11.1 Å². The van der Waals surface area contributed by atoms with Crippen molar-refractivity contribution >= 4 is 149 Å². The third-order valence-corrected chi connectivity index (χ3v) is 19.2. The number of imidazole rings is 4. The van der Waals surface area contributed by atoms with Gasteiger partial charge in [-0.25, -0.2) is 38.4 Å². The average molecular weight is 2560 g/mol. The molecule has 142 heavy (non-hydrogen) atoms. The van der Waals surface area contributed by atoms with Crippen LogP contribution in [0.25, 0.3) is 44.1 Å². The van der Waals surface area contributed by atoms with E-state index in [1.54, 1.807) is 52.3 Å². The molecule has 4 aliphatic heterocycles. The molecule has 0 atom stereocenters. The Morgan fingerprint density at radius 2 is 0.599 bits per heavy atom. The van der Waals surface area contributed by atoms with Gasteiger partial charge in [0.25, 0.3) is 0 Å². The Morgan fingerprint density at radius 3 is 0.838 bits per heavy atom. The molecule has 16 rings (SSSR count). The van der Waals surface area contributed by atoms with Gasteiger partial charge in [-0.05, 0) is 151 Å². The Bertz CT molecular complexity index is 6110. The fourth-order valence-corrected chi connectivity index (χ4v) is 13.4. The van der Waals surface area contributed by atoms with Gasteiger partial charge in [-0.15, -0.1) is 46.4 Å². The third-order valence-electron chi connectivity index (χ3n) is 19.2. The summed E-state index contributed by atoms with van der Waals surface area (Å²) in [5, 5.41) is 14.6. The molecule has 0 spiro atoms. The van der Waals surface area contributed by atoms with Crippen LogP contribution in [0.1, 0.15) is 143 Å². The first kappa shape index (κ1) is 130. The van der Waals surface area contributed by atoms with Crippen LogP contribution in [0.2, 0.25) is 0 Å². The van der Waals surface area contributed by atoms with Gasteiger partial charge in [0.15, 0.2) is 23.3 Å². The topological polar surface area (TPSA) is 477 Å². The SMILES string of the molecule is C.C.C.C.CC(C)(C)OC(=O)N1C/C=C/CCOc2cc3c([nH]c(=O)n3Cc3cccc1c3)c(N)n2.CC(C)(C)OC(=O)N1C/C=C\CCOc2cc3c([nH]c(=O)n3Cc3cccc1c3)c(N)n2.ClCCl.ClCCl.Nc1nc2cc3c1[nH]c(=O)n3Cc1cccc(c1)CC/C=C/CCO2.Nc1nc2cc3c1[nH]c(=O)n3Cc1cccc(c1)CC/C=C\CCO2.O=C(O)C(F)(F)F.O=C(O)C(F)(F)F.[W].[W].[Y].[Y]. The van der Waals surface area contributed by atoms with Gasteiger partial charge < -0.3 is 81.5 Å². The number of aromatic nitrogens is 12. The van der Waals surface area contributed by atoms with Gasteiger partial charge in [0.1, 0.15) is 33.3 Å². The standard InChI is InChI=1S/2C23H27N5O4.2C19H20N4O2.2C2HF3O2.2CH2Cl2.4CH4.2W.2Y/c2*1-23(2,3)32-22(30)27-10-5-4-6-11-31-18-13-17-19(20(24)25-18)26-21(29)28(17)14-15-8-7-9-16(27)12-15;2*20-18-17-15-11-16(21-18)25-9-4-2-1-3-6-13-7-5-8-14(10-13)12-23(15)19(24)22-17;2*3-2(4,5)1(6)7;2*2-1-3;;;;;;;;/h2*4-5,7-9,12-13H,6,10-11,14H2,1-3H3,(H2,24,25)(H,26,29);2*1-2,5,7-8,10-11H,3-4,6,9,12H2,(H2,20,21)(H,22,24);2*(H,6,7);2*1H2;4*1H4;;;;/b5-4+;5-4-;2-1+;2-1-;;;;;;;;;;;;. The van der Waals surface area contributed by atoms with Crippen molar-refractivity contribution in [2.75, 3.05) is 82.9 Å². The van der Waals surface area contributed by atoms with Crippen LogP contribution >= 0.6 is 46.4 Å². The third kappa shape index (κ3) is 39.3. The number of fused-ring (bicyclic) bond motifs is 12. The first-order valence-electron chi connectivity index (χ1n) is 41.4. The number of H-pyrrole nitrogens is 4. The molecule has 2 amide bonds. The van der Waals surface area contributed by atoms with Crippen LogP contribution in [0.15, 0.2) is 189 Å². The van der Waals surface area contributed by atoms with Crippen LogP contribution in [0.4, 0.5) is 70.6 Å². The second-order valence-electron chi connectivity index (χ2n) is 31.5. The van der Waals surface area contributed by atoms with Crippen molar-refractivity contribution in [1.82, 2.24) is 58.1 Å². The molecule has 12 aromatic rings. The van der Waals surface area contributed by atoms with E-state index in [9.17, 15) is 55.1 Å². The molecule has 34 nitrogen and oxygen atoms in total. The molecule has 0 saturated carbocycles. The van der Waals surface area contributed by atoms with E-state index < -0.39 is 47.7 Å². The molecule has 0 aliphatic carbocycles. The number of carboxylic acid groups (broad SMARTS) is 2. The number of carboxylic acids is 2. The number of hydrogen-bond acceptors (Lipinski definition) is 22. The maximum absolute atomic E-state index is 12.9. The number of amides is 2. The van der Waals surface area contributed by atoms with Crippen LogP contribution in [0.3, 0.4) is 0 Å². The van der Waals surface area contributed by atoms with Gasteiger partial charge in [0, 0.05) is 156 Å². The molecule has 2 radical (unpaired) electrons. The minimum Gasteiger partial charge on any atom is -0.477 e. The predicted molar refractivity (Wildman–Crippen MR) is 530 cm³/mol. The summed E-state index contributed by atoms with van der Waals surface area (Å²) in [4.78, 5) is 125. The van der Waals surface area contributed by atoms with Crippen LogP contribution in [-0.4, -0.2) is 166 Å². The molecule has 0 unspecified atom stereocenters. The molecule has 12 heterocycles. The number of carbonyl (C=O) groups is 4. The number of hydrogen-bond donors (Lipinski definition) is 10. The number of nitrogen functional groups attached to an aromatic ring is 4. The Hall–Kier alpha value is -10.3. The van der Waals surface area contributed by atoms with E-state index >= 15 is 0 Å². The Morgan fingerprint density at radius 1 is 0.380 bits per heavy atom. The number of allylic oxidation sites excluding steroid dienone is 2. The fraction of sp³-hybridized carbons (Fsp3) is 0.362. The zero-order chi connectivity index (χ0) is 97.8. The minimum atomic E-state index is -5.08. The van der Waals surface area contributed by atoms with E-state index in [2.05, 4.69) is 88.4 Å². The molecule has 0 fully saturated rings. The molecule has 8 aromatic heterocycles. The van der Waals surface area contributed by atoms with Crippen molar-refractivity contribution in [3.63, 3.8) is 0 Å². The number of alkyl halides is 10. The number of rotatable bonds is 0. The summed E-state index contributed by atoms with van der Waals surface area (Å²) in [5.41, 5.74) is 34.3. The number of aryl methyl sites for hydroxylation is 2. The van der Waals surface area contributed by atoms with E-state index in [4.69, 9.17) is 118 Å². The second-order valence-corrected chi connectivity index (χ2v) is 33.1. The summed E-state index contributed by atoms with van der Waals surface area (Å²) < 4.78 is 104. The van der Waals surface area contributed by atoms with Gasteiger partial charge in [0.2, 0.25) is 23.5 Å². The first-order valence-corrected chi connectivity index (χ1v) is 43.5. The Labute approximate surface area is 914 Å². The molecular formula is C94H116Cl4F6N18O16W2Y2. The largest absolute Gasteiger partial charge is 0.490 e. The molecule has 16 bridgehead atoms. The van der Waals surface area contributed by atoms with Crippen molar-refractivity contribution in [1.29, 1.82) is 0 Å². The van der Waals surface area contributed by atoms with Crippen molar-refractivity contribution in [2.24, 2.45) is 0 Å². The summed E-state index contributed by atoms with van der Waals surface area (Å²) in [6, 6.07) is 38.6. The second kappa shape index (κ2) is 61.1. The van der Waals surface area contributed by atoms with Gasteiger partial charge in [-0.2, -0.15) is 46.3 Å². The fourth-order valence-electron chi connectivity index (χ4n) is 13.4. The van der Waals surface area contributed by atoms with Crippen LogP contribution in [0.5, 0.6) is 23.5 Å². The van der Waals surface area contributed by atoms with Gasteiger partial charge in [-0.3, -0.25) is 28.1 Å². The maximum Gasteiger partial charge on any atom is 0.490 e. The number of pyridine rings is 4. The smallest absolute Gasteiger partial charge is 0.477 e. The number of aliphatic carboxylic acids is 2. The van der Waals surface area contributed by atoms with Crippen molar-refractivity contribution in [2.45, 2.75) is 172 Å². The first-order chi connectivity index (χ1) is 63.5. The molecule has 4 aromatic carbocycles. The number of nitrogens with two attached hydrogens (primary N) is 4. The zero-order valence-corrected chi connectivity index (χ0v) is 90.0. The van der Waals surface area contributed by atoms with Crippen LogP contribution < -0.4 is 74.4 Å². The molecule has 14 N–H and O–H groups in total. The van der Waals surface area contributed by atoms with Crippen LogP contribution in [0, 0.1) is 0 Å². The Balaban J connectivity index is 0.000000875. The number of halogens is 10. The molecule has 4 aliphatic rings. The molecular weight excluding hydrogens is 2440 g/mol. The van der Waals surface area contributed by atoms with E-state index in [1.807, 2.05) is 139 Å². The van der Waals surface area contributed by atoms with Crippen molar-refractivity contribution < 1.29 is 192 Å². The average Bonchev–Trinajstić information content (AvgIpc) is 1.67. The van der Waals surface area contributed by atoms with Gasteiger partial charge in [0.05, 0.1) is 85.4 Å². The molecule has 0 saturated heterocycles. The zero-order valence-electron chi connectivity index (χ0n) is 75.5. The van der Waals surface area contributed by atoms with Gasteiger partial charge >= 0.3 is 59.2 Å². The predicted octanol–water partition coefficient (Wildman–Crippen LogP) is 18.8. The van der Waals surface area contributed by atoms with Crippen LogP contribution in [-0.2, 0) is 166 Å². The van der Waals surface area contributed by atoms with E-state index in [-0.39, 0.29) is 207 Å². The summed E-state index contributed by atoms with van der Waals surface area (Å²) in [6.45, 7) is 15.0. The normalized spacial score (nSPS) is 14.1. The van der Waals surface area contributed by atoms with Crippen molar-refractivity contribution in [3.05, 3.63) is 245 Å². The minimum absolute atomic E-state index is 0. The summed E-state index contributed by atoms with van der Waals surface area (Å²) in [5.74, 6) is -2.96. The number of ether oxygens (including phenoxy) is 6. The number of aromatic amines is 4. The maximum atomic E-state index is 12.9. The number of carbonyl (C=O) groups excluding carboxylic acids is 2.